The number of thioether (sulfide) groups is 1. The predicted octanol–water partition coefficient (Wildman–Crippen LogP) is 2.91. The molecular weight excluding hydrogens is 166 g/mol. The standard InChI is InChI=1S/C10H23NS/c1-4-5-6-7-10(2)11-8-9-12-3/h10-11H,4-9H2,1-3H3. The first-order chi connectivity index (χ1) is 5.81. The van der Waals surface area contributed by atoms with Crippen molar-refractivity contribution < 1.29 is 0 Å². The molecule has 0 aliphatic heterocycles. The highest BCUT2D eigenvalue weighted by Gasteiger charge is 1.98. The molecule has 0 aromatic carbocycles. The number of unbranched alkanes of at least 4 members (excludes halogenated alkanes) is 2. The molecule has 0 bridgehead atoms. The first-order valence-electron chi connectivity index (χ1n) is 5.03. The molecule has 0 aromatic heterocycles. The molecule has 12 heavy (non-hydrogen) atoms. The summed E-state index contributed by atoms with van der Waals surface area (Å²) in [6.45, 7) is 5.70. The molecule has 0 radical (unpaired) electrons. The lowest BCUT2D eigenvalue weighted by molar-refractivity contribution is 0.502. The summed E-state index contributed by atoms with van der Waals surface area (Å²) in [5.74, 6) is 1.23. The number of rotatable bonds is 8. The van der Waals surface area contributed by atoms with E-state index in [-0.39, 0.29) is 0 Å². The molecule has 0 rings (SSSR count). The fourth-order valence-electron chi connectivity index (χ4n) is 1.21. The molecule has 0 aliphatic carbocycles. The molecule has 0 saturated heterocycles. The van der Waals surface area contributed by atoms with Gasteiger partial charge in [-0.1, -0.05) is 26.2 Å². The Hall–Kier alpha value is 0.310. The van der Waals surface area contributed by atoms with Gasteiger partial charge in [-0.05, 0) is 19.6 Å². The van der Waals surface area contributed by atoms with Crippen LogP contribution < -0.4 is 5.32 Å². The zero-order valence-corrected chi connectivity index (χ0v) is 9.54. The summed E-state index contributed by atoms with van der Waals surface area (Å²) in [4.78, 5) is 0. The van der Waals surface area contributed by atoms with Crippen molar-refractivity contribution in [1.82, 2.24) is 5.32 Å². The maximum absolute atomic E-state index is 3.52. The van der Waals surface area contributed by atoms with Crippen molar-refractivity contribution in [2.75, 3.05) is 18.6 Å². The summed E-state index contributed by atoms with van der Waals surface area (Å²) in [6, 6.07) is 0.712. The van der Waals surface area contributed by atoms with Gasteiger partial charge in [-0.3, -0.25) is 0 Å². The smallest absolute Gasteiger partial charge is 0.00554 e. The van der Waals surface area contributed by atoms with Crippen molar-refractivity contribution in [3.05, 3.63) is 0 Å². The maximum Gasteiger partial charge on any atom is 0.00554 e. The molecule has 0 heterocycles. The van der Waals surface area contributed by atoms with Gasteiger partial charge < -0.3 is 5.32 Å². The second-order valence-electron chi connectivity index (χ2n) is 3.34. The molecule has 1 nitrogen and oxygen atoms in total. The van der Waals surface area contributed by atoms with Crippen LogP contribution in [-0.2, 0) is 0 Å². The van der Waals surface area contributed by atoms with Crippen LogP contribution in [0.4, 0.5) is 0 Å². The van der Waals surface area contributed by atoms with Gasteiger partial charge in [0, 0.05) is 18.3 Å². The van der Waals surface area contributed by atoms with Gasteiger partial charge in [0.2, 0.25) is 0 Å². The summed E-state index contributed by atoms with van der Waals surface area (Å²) >= 11 is 1.91. The van der Waals surface area contributed by atoms with E-state index in [1.54, 1.807) is 0 Å². The Morgan fingerprint density at radius 1 is 1.33 bits per heavy atom. The van der Waals surface area contributed by atoms with E-state index in [1.165, 1.54) is 31.4 Å². The first-order valence-corrected chi connectivity index (χ1v) is 6.43. The van der Waals surface area contributed by atoms with Crippen molar-refractivity contribution >= 4 is 11.8 Å². The maximum atomic E-state index is 3.52. The van der Waals surface area contributed by atoms with Crippen LogP contribution in [0.15, 0.2) is 0 Å². The van der Waals surface area contributed by atoms with Crippen LogP contribution in [-0.4, -0.2) is 24.6 Å². The van der Waals surface area contributed by atoms with Gasteiger partial charge in [-0.25, -0.2) is 0 Å². The summed E-state index contributed by atoms with van der Waals surface area (Å²) < 4.78 is 0. The first kappa shape index (κ1) is 12.3. The van der Waals surface area contributed by atoms with E-state index < -0.39 is 0 Å². The Bertz CT molecular complexity index is 75.9. The van der Waals surface area contributed by atoms with Crippen molar-refractivity contribution in [2.24, 2.45) is 0 Å². The minimum atomic E-state index is 0.712. The topological polar surface area (TPSA) is 12.0 Å². The second-order valence-corrected chi connectivity index (χ2v) is 4.33. The van der Waals surface area contributed by atoms with Gasteiger partial charge >= 0.3 is 0 Å². The van der Waals surface area contributed by atoms with E-state index in [4.69, 9.17) is 0 Å². The van der Waals surface area contributed by atoms with Crippen LogP contribution >= 0.6 is 11.8 Å². The van der Waals surface area contributed by atoms with E-state index in [1.807, 2.05) is 11.8 Å². The number of hydrogen-bond donors (Lipinski definition) is 1. The lowest BCUT2D eigenvalue weighted by Gasteiger charge is -2.12. The quantitative estimate of drug-likeness (QED) is 0.589. The van der Waals surface area contributed by atoms with Crippen LogP contribution in [0.25, 0.3) is 0 Å². The molecule has 0 saturated carbocycles. The SMILES string of the molecule is CCCCCC(C)NCCSC. The molecule has 0 aromatic rings. The van der Waals surface area contributed by atoms with E-state index in [9.17, 15) is 0 Å². The highest BCUT2D eigenvalue weighted by atomic mass is 32.2. The van der Waals surface area contributed by atoms with Crippen LogP contribution in [0, 0.1) is 0 Å². The molecule has 0 spiro atoms. The summed E-state index contributed by atoms with van der Waals surface area (Å²) in [5.41, 5.74) is 0. The Morgan fingerprint density at radius 3 is 2.67 bits per heavy atom. The third-order valence-electron chi connectivity index (χ3n) is 2.04. The van der Waals surface area contributed by atoms with Crippen molar-refractivity contribution in [3.63, 3.8) is 0 Å². The molecule has 1 unspecified atom stereocenters. The largest absolute Gasteiger partial charge is 0.313 e. The van der Waals surface area contributed by atoms with Crippen molar-refractivity contribution in [1.29, 1.82) is 0 Å². The van der Waals surface area contributed by atoms with E-state index in [2.05, 4.69) is 25.4 Å². The van der Waals surface area contributed by atoms with E-state index in [0.717, 1.165) is 6.54 Å². The van der Waals surface area contributed by atoms with E-state index in [0.29, 0.717) is 6.04 Å². The predicted molar refractivity (Wildman–Crippen MR) is 60.0 cm³/mol. The van der Waals surface area contributed by atoms with Crippen LogP contribution in [0.2, 0.25) is 0 Å². The summed E-state index contributed by atoms with van der Waals surface area (Å²) in [5, 5.41) is 3.52. The van der Waals surface area contributed by atoms with Crippen molar-refractivity contribution in [3.8, 4) is 0 Å². The zero-order valence-electron chi connectivity index (χ0n) is 8.73. The highest BCUT2D eigenvalue weighted by Crippen LogP contribution is 2.02. The molecule has 1 atom stereocenters. The molecule has 2 heteroatoms. The van der Waals surface area contributed by atoms with Crippen LogP contribution in [0.3, 0.4) is 0 Å². The lowest BCUT2D eigenvalue weighted by Crippen LogP contribution is -2.27. The van der Waals surface area contributed by atoms with Gasteiger partial charge in [-0.15, -0.1) is 0 Å². The average molecular weight is 189 g/mol. The molecule has 0 amide bonds. The Morgan fingerprint density at radius 2 is 2.08 bits per heavy atom. The number of nitrogens with one attached hydrogen (secondary N) is 1. The second kappa shape index (κ2) is 9.40. The zero-order chi connectivity index (χ0) is 9.23. The Kier molecular flexibility index (Phi) is 9.64. The number of hydrogen-bond acceptors (Lipinski definition) is 2. The summed E-state index contributed by atoms with van der Waals surface area (Å²) in [6.07, 6.45) is 7.58. The molecule has 0 fully saturated rings. The molecule has 1 N–H and O–H groups in total. The third-order valence-corrected chi connectivity index (χ3v) is 2.65. The molecule has 0 aliphatic rings. The van der Waals surface area contributed by atoms with Gasteiger partial charge in [0.1, 0.15) is 0 Å². The minimum Gasteiger partial charge on any atom is -0.313 e. The fraction of sp³-hybridized carbons (Fsp3) is 1.00. The van der Waals surface area contributed by atoms with Gasteiger partial charge in [0.15, 0.2) is 0 Å². The van der Waals surface area contributed by atoms with Crippen LogP contribution in [0.1, 0.15) is 39.5 Å². The Balaban J connectivity index is 3.04. The normalized spacial score (nSPS) is 13.2. The van der Waals surface area contributed by atoms with Gasteiger partial charge in [0.25, 0.3) is 0 Å². The Labute approximate surface area is 81.7 Å². The molecular formula is C10H23NS. The monoisotopic (exact) mass is 189 g/mol. The summed E-state index contributed by atoms with van der Waals surface area (Å²) in [7, 11) is 0. The third kappa shape index (κ3) is 8.41. The fourth-order valence-corrected chi connectivity index (χ4v) is 1.53. The van der Waals surface area contributed by atoms with Gasteiger partial charge in [0.05, 0.1) is 0 Å². The average Bonchev–Trinajstić information content (AvgIpc) is 2.06. The van der Waals surface area contributed by atoms with Gasteiger partial charge in [-0.2, -0.15) is 11.8 Å². The lowest BCUT2D eigenvalue weighted by atomic mass is 10.1. The minimum absolute atomic E-state index is 0.712. The molecule has 74 valence electrons. The van der Waals surface area contributed by atoms with Crippen LogP contribution in [0.5, 0.6) is 0 Å². The van der Waals surface area contributed by atoms with Crippen molar-refractivity contribution in [2.45, 2.75) is 45.6 Å². The highest BCUT2D eigenvalue weighted by molar-refractivity contribution is 7.98. The van der Waals surface area contributed by atoms with E-state index >= 15 is 0 Å².